The summed E-state index contributed by atoms with van der Waals surface area (Å²) in [6.07, 6.45) is 3.94. The number of aldehydes is 1. The first-order valence-electron chi connectivity index (χ1n) is 8.34. The van der Waals surface area contributed by atoms with Gasteiger partial charge < -0.3 is 9.14 Å². The van der Waals surface area contributed by atoms with Gasteiger partial charge in [0.2, 0.25) is 0 Å². The second-order valence-electron chi connectivity index (χ2n) is 6.33. The van der Waals surface area contributed by atoms with E-state index in [2.05, 4.69) is 45.0 Å². The molecule has 3 heteroatoms. The Labute approximate surface area is 142 Å². The van der Waals surface area contributed by atoms with Crippen LogP contribution in [0.5, 0.6) is 5.75 Å². The third-order valence-electron chi connectivity index (χ3n) is 4.77. The van der Waals surface area contributed by atoms with Gasteiger partial charge in [0.25, 0.3) is 0 Å². The highest BCUT2D eigenvalue weighted by Gasteiger charge is 2.17. The first kappa shape index (κ1) is 16.3. The summed E-state index contributed by atoms with van der Waals surface area (Å²) in [5.41, 5.74) is 5.99. The van der Waals surface area contributed by atoms with Crippen LogP contribution in [0.25, 0.3) is 16.6 Å². The van der Waals surface area contributed by atoms with Crippen LogP contribution in [0.3, 0.4) is 0 Å². The molecule has 0 N–H and O–H groups in total. The average molecular weight is 321 g/mol. The largest absolute Gasteiger partial charge is 0.496 e. The summed E-state index contributed by atoms with van der Waals surface area (Å²) in [7, 11) is 1.67. The van der Waals surface area contributed by atoms with Crippen LogP contribution in [0.4, 0.5) is 0 Å². The molecule has 0 bridgehead atoms. The lowest BCUT2D eigenvalue weighted by molar-refractivity contribution is 0.111. The van der Waals surface area contributed by atoms with E-state index in [9.17, 15) is 4.79 Å². The number of fused-ring (bicyclic) bond motifs is 1. The van der Waals surface area contributed by atoms with Crippen LogP contribution in [0.1, 0.15) is 47.8 Å². The highest BCUT2D eigenvalue weighted by Crippen LogP contribution is 2.36. The van der Waals surface area contributed by atoms with Crippen molar-refractivity contribution in [3.8, 4) is 16.9 Å². The summed E-state index contributed by atoms with van der Waals surface area (Å²) < 4.78 is 7.50. The summed E-state index contributed by atoms with van der Waals surface area (Å²) >= 11 is 0. The topological polar surface area (TPSA) is 30.7 Å². The van der Waals surface area contributed by atoms with Gasteiger partial charge in [-0.05, 0) is 60.7 Å². The van der Waals surface area contributed by atoms with E-state index in [4.69, 9.17) is 4.74 Å². The Morgan fingerprint density at radius 3 is 2.62 bits per heavy atom. The smallest absolute Gasteiger partial charge is 0.167 e. The number of aromatic nitrogens is 1. The fraction of sp³-hybridized carbons (Fsp3) is 0.286. The van der Waals surface area contributed by atoms with Crippen LogP contribution in [-0.2, 0) is 0 Å². The number of carbonyl (C=O) groups excluding carboxylic acids is 1. The monoisotopic (exact) mass is 321 g/mol. The summed E-state index contributed by atoms with van der Waals surface area (Å²) in [5.74, 6) is 1.26. The van der Waals surface area contributed by atoms with Crippen molar-refractivity contribution in [2.45, 2.75) is 33.1 Å². The zero-order valence-corrected chi connectivity index (χ0v) is 14.7. The molecule has 1 aromatic carbocycles. The van der Waals surface area contributed by atoms with Gasteiger partial charge in [-0.2, -0.15) is 0 Å². The zero-order valence-electron chi connectivity index (χ0n) is 14.7. The summed E-state index contributed by atoms with van der Waals surface area (Å²) in [4.78, 5) is 11.8. The third-order valence-corrected chi connectivity index (χ3v) is 4.77. The number of hydrogen-bond donors (Lipinski definition) is 0. The molecule has 0 aliphatic rings. The summed E-state index contributed by atoms with van der Waals surface area (Å²) in [6, 6.07) is 12.4. The van der Waals surface area contributed by atoms with Crippen molar-refractivity contribution in [3.63, 3.8) is 0 Å². The molecule has 2 heterocycles. The van der Waals surface area contributed by atoms with Gasteiger partial charge in [-0.1, -0.05) is 19.9 Å². The molecule has 24 heavy (non-hydrogen) atoms. The zero-order chi connectivity index (χ0) is 17.3. The number of aryl methyl sites for hydroxylation is 1. The minimum Gasteiger partial charge on any atom is -0.496 e. The molecule has 124 valence electrons. The molecule has 0 saturated heterocycles. The van der Waals surface area contributed by atoms with E-state index in [1.54, 1.807) is 7.11 Å². The predicted octanol–water partition coefficient (Wildman–Crippen LogP) is 5.25. The molecule has 2 aromatic heterocycles. The Morgan fingerprint density at radius 2 is 1.96 bits per heavy atom. The first-order chi connectivity index (χ1) is 11.6. The van der Waals surface area contributed by atoms with Crippen molar-refractivity contribution in [1.82, 2.24) is 4.40 Å². The fourth-order valence-corrected chi connectivity index (χ4v) is 3.13. The predicted molar refractivity (Wildman–Crippen MR) is 98.2 cm³/mol. The molecule has 0 aliphatic heterocycles. The lowest BCUT2D eigenvalue weighted by Gasteiger charge is -2.14. The van der Waals surface area contributed by atoms with Crippen molar-refractivity contribution in [2.24, 2.45) is 0 Å². The molecular formula is C21H23NO2. The van der Waals surface area contributed by atoms with Crippen LogP contribution in [-0.4, -0.2) is 17.8 Å². The van der Waals surface area contributed by atoms with Crippen LogP contribution in [0.2, 0.25) is 0 Å². The van der Waals surface area contributed by atoms with E-state index in [-0.39, 0.29) is 0 Å². The highest BCUT2D eigenvalue weighted by atomic mass is 16.5. The van der Waals surface area contributed by atoms with Crippen molar-refractivity contribution < 1.29 is 9.53 Å². The Morgan fingerprint density at radius 1 is 1.17 bits per heavy atom. The molecule has 1 unspecified atom stereocenters. The number of ether oxygens (including phenoxy) is 1. The van der Waals surface area contributed by atoms with E-state index < -0.39 is 0 Å². The SMILES string of the molecule is CCC(C)c1ccc(OC)c(-c2cc3cc(C)ccn3c2C=O)c1. The maximum absolute atomic E-state index is 11.8. The molecule has 3 nitrogen and oxygen atoms in total. The number of hydrogen-bond acceptors (Lipinski definition) is 2. The lowest BCUT2D eigenvalue weighted by Crippen LogP contribution is -1.97. The van der Waals surface area contributed by atoms with E-state index in [1.165, 1.54) is 11.1 Å². The molecule has 1 atom stereocenters. The van der Waals surface area contributed by atoms with Gasteiger partial charge in [0.15, 0.2) is 6.29 Å². The quantitative estimate of drug-likeness (QED) is 0.601. The second-order valence-corrected chi connectivity index (χ2v) is 6.33. The van der Waals surface area contributed by atoms with Crippen molar-refractivity contribution in [2.75, 3.05) is 7.11 Å². The van der Waals surface area contributed by atoms with Crippen molar-refractivity contribution in [3.05, 3.63) is 59.4 Å². The number of methoxy groups -OCH3 is 1. The minimum absolute atomic E-state index is 0.466. The van der Waals surface area contributed by atoms with Gasteiger partial charge >= 0.3 is 0 Å². The van der Waals surface area contributed by atoms with Crippen molar-refractivity contribution in [1.29, 1.82) is 0 Å². The molecule has 0 saturated carbocycles. The van der Waals surface area contributed by atoms with Gasteiger partial charge in [0.1, 0.15) is 5.75 Å². The number of carbonyl (C=O) groups is 1. The Bertz CT molecular complexity index is 892. The van der Waals surface area contributed by atoms with Crippen molar-refractivity contribution >= 4 is 11.8 Å². The molecule has 0 amide bonds. The minimum atomic E-state index is 0.466. The van der Waals surface area contributed by atoms with E-state index in [0.29, 0.717) is 11.6 Å². The second kappa shape index (κ2) is 6.52. The van der Waals surface area contributed by atoms with Crippen LogP contribution in [0.15, 0.2) is 42.6 Å². The Balaban J connectivity index is 2.27. The summed E-state index contributed by atoms with van der Waals surface area (Å²) in [5, 5.41) is 0. The molecule has 0 radical (unpaired) electrons. The van der Waals surface area contributed by atoms with Crippen LogP contribution in [0, 0.1) is 6.92 Å². The molecule has 0 fully saturated rings. The molecule has 0 aliphatic carbocycles. The standard InChI is InChI=1S/C21H23NO2/c1-5-15(3)16-6-7-21(24-4)19(11-16)18-12-17-10-14(2)8-9-22(17)20(18)13-23/h6-13,15H,5H2,1-4H3. The van der Waals surface area contributed by atoms with E-state index in [1.807, 2.05) is 22.7 Å². The highest BCUT2D eigenvalue weighted by molar-refractivity contribution is 5.91. The number of rotatable bonds is 5. The third kappa shape index (κ3) is 2.71. The molecule has 3 rings (SSSR count). The van der Waals surface area contributed by atoms with Crippen LogP contribution < -0.4 is 4.74 Å². The van der Waals surface area contributed by atoms with Gasteiger partial charge in [0, 0.05) is 22.8 Å². The Kier molecular flexibility index (Phi) is 4.43. The first-order valence-corrected chi connectivity index (χ1v) is 8.34. The van der Waals surface area contributed by atoms with Gasteiger partial charge in [0.05, 0.1) is 12.8 Å². The number of benzene rings is 1. The molecular weight excluding hydrogens is 298 g/mol. The van der Waals surface area contributed by atoms with Crippen LogP contribution >= 0.6 is 0 Å². The maximum atomic E-state index is 11.8. The van der Waals surface area contributed by atoms with E-state index >= 15 is 0 Å². The Hall–Kier alpha value is -2.55. The average Bonchev–Trinajstić information content (AvgIpc) is 2.97. The van der Waals surface area contributed by atoms with Gasteiger partial charge in [-0.15, -0.1) is 0 Å². The fourth-order valence-electron chi connectivity index (χ4n) is 3.13. The van der Waals surface area contributed by atoms with Gasteiger partial charge in [-0.3, -0.25) is 4.79 Å². The lowest BCUT2D eigenvalue weighted by atomic mass is 9.94. The molecule has 0 spiro atoms. The molecule has 3 aromatic rings. The number of pyridine rings is 1. The maximum Gasteiger partial charge on any atom is 0.167 e. The normalized spacial score (nSPS) is 12.3. The van der Waals surface area contributed by atoms with E-state index in [0.717, 1.165) is 35.1 Å². The summed E-state index contributed by atoms with van der Waals surface area (Å²) in [6.45, 7) is 6.45. The number of nitrogens with zero attached hydrogens (tertiary/aromatic N) is 1. The van der Waals surface area contributed by atoms with Gasteiger partial charge in [-0.25, -0.2) is 0 Å².